The maximum atomic E-state index is 12.4. The molecular formula is C13H16N6O3S3. The van der Waals surface area contributed by atoms with Gasteiger partial charge in [-0.15, -0.1) is 20.4 Å². The molecule has 0 aliphatic heterocycles. The number of hydrogen-bond acceptors (Lipinski definition) is 10. The molecule has 2 heterocycles. The Bertz CT molecular complexity index is 877. The number of aromatic nitrogens is 3. The fraction of sp³-hybridized carbons (Fsp3) is 0.385. The molecule has 134 valence electrons. The third kappa shape index (κ3) is 4.19. The van der Waals surface area contributed by atoms with Gasteiger partial charge in [0.15, 0.2) is 10.0 Å². The Kier molecular flexibility index (Phi) is 6.56. The first kappa shape index (κ1) is 19.4. The average Bonchev–Trinajstić information content (AvgIpc) is 3.00. The van der Waals surface area contributed by atoms with E-state index in [-0.39, 0.29) is 28.5 Å². The molecule has 0 saturated carbocycles. The van der Waals surface area contributed by atoms with Crippen molar-refractivity contribution < 1.29 is 9.90 Å². The number of pyridine rings is 1. The summed E-state index contributed by atoms with van der Waals surface area (Å²) >= 11 is 6.83. The maximum absolute atomic E-state index is 12.4. The zero-order valence-electron chi connectivity index (χ0n) is 13.5. The van der Waals surface area contributed by atoms with Crippen LogP contribution in [0, 0.1) is 6.92 Å². The molecule has 0 aliphatic rings. The van der Waals surface area contributed by atoms with E-state index in [0.717, 1.165) is 10.3 Å². The summed E-state index contributed by atoms with van der Waals surface area (Å²) in [7, 11) is 0. The minimum absolute atomic E-state index is 0.0757. The highest BCUT2D eigenvalue weighted by atomic mass is 32.2. The van der Waals surface area contributed by atoms with Gasteiger partial charge in [0.2, 0.25) is 5.88 Å². The van der Waals surface area contributed by atoms with Crippen LogP contribution in [0.5, 0.6) is 5.88 Å². The smallest absolute Gasteiger partial charge is 0.281 e. The molecule has 3 N–H and O–H groups in total. The van der Waals surface area contributed by atoms with E-state index >= 15 is 0 Å². The summed E-state index contributed by atoms with van der Waals surface area (Å²) < 4.78 is 1.73. The van der Waals surface area contributed by atoms with Crippen LogP contribution in [0.4, 0.5) is 10.8 Å². The second-order valence-electron chi connectivity index (χ2n) is 4.71. The van der Waals surface area contributed by atoms with E-state index in [1.165, 1.54) is 30.0 Å². The summed E-state index contributed by atoms with van der Waals surface area (Å²) in [6.45, 7) is 3.28. The first-order valence-electron chi connectivity index (χ1n) is 7.15. The molecule has 2 aromatic heterocycles. The molecule has 0 spiro atoms. The number of hydrogen-bond donors (Lipinski definition) is 3. The number of azo groups is 1. The summed E-state index contributed by atoms with van der Waals surface area (Å²) in [6, 6.07) is 0. The monoisotopic (exact) mass is 400 g/mol. The Labute approximate surface area is 156 Å². The van der Waals surface area contributed by atoms with E-state index in [0.29, 0.717) is 10.1 Å². The fourth-order valence-electron chi connectivity index (χ4n) is 2.04. The lowest BCUT2D eigenvalue weighted by Crippen LogP contribution is -2.25. The highest BCUT2D eigenvalue weighted by Gasteiger charge is 2.22. The minimum atomic E-state index is -0.852. The van der Waals surface area contributed by atoms with Crippen LogP contribution >= 0.6 is 35.7 Å². The van der Waals surface area contributed by atoms with Gasteiger partial charge < -0.3 is 10.8 Å². The molecule has 0 aliphatic carbocycles. The number of amides is 1. The second-order valence-corrected chi connectivity index (χ2v) is 7.45. The molecule has 2 aromatic rings. The molecule has 0 saturated heterocycles. The number of rotatable bonds is 7. The standard InChI is InChI=1S/C13H16N6O3S3/c1-3-19-10(21)7(9(14)20)6(2)8(11(19)22)15-16-12-17-18-13(25-12)24-5-4-23/h21,23H,3-5H2,1-2H3,(H2,14,20). The van der Waals surface area contributed by atoms with Crippen molar-refractivity contribution in [3.8, 4) is 5.88 Å². The Morgan fingerprint density at radius 2 is 2.16 bits per heavy atom. The average molecular weight is 401 g/mol. The van der Waals surface area contributed by atoms with E-state index in [1.54, 1.807) is 6.92 Å². The first-order valence-corrected chi connectivity index (χ1v) is 9.59. The van der Waals surface area contributed by atoms with Crippen molar-refractivity contribution >= 4 is 52.5 Å². The van der Waals surface area contributed by atoms with E-state index in [4.69, 9.17) is 5.73 Å². The summed E-state index contributed by atoms with van der Waals surface area (Å²) in [5.41, 5.74) is 4.66. The zero-order valence-corrected chi connectivity index (χ0v) is 16.0. The summed E-state index contributed by atoms with van der Waals surface area (Å²) in [5.74, 6) is 0.169. The summed E-state index contributed by atoms with van der Waals surface area (Å²) in [6.07, 6.45) is 0. The number of carbonyl (C=O) groups excluding carboxylic acids is 1. The van der Waals surface area contributed by atoms with Crippen LogP contribution in [0.1, 0.15) is 22.8 Å². The van der Waals surface area contributed by atoms with E-state index in [2.05, 4.69) is 33.1 Å². The molecule has 0 aromatic carbocycles. The molecule has 2 rings (SSSR count). The van der Waals surface area contributed by atoms with Crippen LogP contribution in [0.2, 0.25) is 0 Å². The van der Waals surface area contributed by atoms with Crippen molar-refractivity contribution in [3.63, 3.8) is 0 Å². The Morgan fingerprint density at radius 3 is 2.76 bits per heavy atom. The minimum Gasteiger partial charge on any atom is -0.494 e. The van der Waals surface area contributed by atoms with Crippen LogP contribution in [0.25, 0.3) is 0 Å². The lowest BCUT2D eigenvalue weighted by atomic mass is 10.1. The molecule has 0 atom stereocenters. The number of thioether (sulfide) groups is 1. The Morgan fingerprint density at radius 1 is 1.44 bits per heavy atom. The molecule has 0 unspecified atom stereocenters. The Hall–Kier alpha value is -1.92. The molecule has 12 heteroatoms. The van der Waals surface area contributed by atoms with E-state index in [1.807, 2.05) is 0 Å². The predicted molar refractivity (Wildman–Crippen MR) is 100.0 cm³/mol. The van der Waals surface area contributed by atoms with Crippen molar-refractivity contribution in [2.24, 2.45) is 16.0 Å². The molecule has 0 fully saturated rings. The van der Waals surface area contributed by atoms with E-state index < -0.39 is 17.3 Å². The van der Waals surface area contributed by atoms with Crippen molar-refractivity contribution in [2.75, 3.05) is 11.5 Å². The molecule has 9 nitrogen and oxygen atoms in total. The highest BCUT2D eigenvalue weighted by molar-refractivity contribution is 8.01. The van der Waals surface area contributed by atoms with Gasteiger partial charge >= 0.3 is 0 Å². The lowest BCUT2D eigenvalue weighted by Gasteiger charge is -2.12. The van der Waals surface area contributed by atoms with Gasteiger partial charge in [0.05, 0.1) is 0 Å². The highest BCUT2D eigenvalue weighted by Crippen LogP contribution is 2.30. The predicted octanol–water partition coefficient (Wildman–Crippen LogP) is 2.27. The topological polar surface area (TPSA) is 136 Å². The number of thiol groups is 1. The van der Waals surface area contributed by atoms with Gasteiger partial charge in [0.1, 0.15) is 5.56 Å². The van der Waals surface area contributed by atoms with Crippen LogP contribution in [0.3, 0.4) is 0 Å². The molecule has 0 radical (unpaired) electrons. The van der Waals surface area contributed by atoms with Crippen LogP contribution < -0.4 is 11.3 Å². The van der Waals surface area contributed by atoms with Crippen molar-refractivity contribution in [2.45, 2.75) is 24.7 Å². The SMILES string of the molecule is CCn1c(O)c(C(N)=O)c(C)c(N=Nc2nnc(SCCS)s2)c1=O. The van der Waals surface area contributed by atoms with Crippen molar-refractivity contribution in [3.05, 3.63) is 21.5 Å². The number of nitrogens with zero attached hydrogens (tertiary/aromatic N) is 5. The quantitative estimate of drug-likeness (QED) is 0.370. The van der Waals surface area contributed by atoms with Crippen LogP contribution in [0.15, 0.2) is 19.4 Å². The summed E-state index contributed by atoms with van der Waals surface area (Å²) in [4.78, 5) is 24.0. The second kappa shape index (κ2) is 8.45. The third-order valence-electron chi connectivity index (χ3n) is 3.17. The van der Waals surface area contributed by atoms with Gasteiger partial charge in [0.25, 0.3) is 16.6 Å². The molecular weight excluding hydrogens is 384 g/mol. The van der Waals surface area contributed by atoms with Gasteiger partial charge in [-0.05, 0) is 19.6 Å². The van der Waals surface area contributed by atoms with Crippen molar-refractivity contribution in [1.29, 1.82) is 0 Å². The number of primary amides is 1. The van der Waals surface area contributed by atoms with Crippen LogP contribution in [-0.4, -0.2) is 37.3 Å². The van der Waals surface area contributed by atoms with Gasteiger partial charge in [0, 0.05) is 17.9 Å². The van der Waals surface area contributed by atoms with Crippen molar-refractivity contribution in [1.82, 2.24) is 14.8 Å². The molecule has 25 heavy (non-hydrogen) atoms. The summed E-state index contributed by atoms with van der Waals surface area (Å²) in [5, 5.41) is 26.0. The Balaban J connectivity index is 2.45. The maximum Gasteiger partial charge on any atom is 0.281 e. The fourth-order valence-corrected chi connectivity index (χ4v) is 3.79. The number of carbonyl (C=O) groups is 1. The molecule has 0 bridgehead atoms. The number of aromatic hydroxyl groups is 1. The van der Waals surface area contributed by atoms with Crippen LogP contribution in [-0.2, 0) is 6.54 Å². The largest absolute Gasteiger partial charge is 0.494 e. The zero-order chi connectivity index (χ0) is 18.6. The van der Waals surface area contributed by atoms with Gasteiger partial charge in [-0.3, -0.25) is 14.2 Å². The lowest BCUT2D eigenvalue weighted by molar-refractivity contribution is 0.0995. The van der Waals surface area contributed by atoms with Gasteiger partial charge in [-0.2, -0.15) is 12.6 Å². The first-order chi connectivity index (χ1) is 11.9. The van der Waals surface area contributed by atoms with Gasteiger partial charge in [-0.1, -0.05) is 23.1 Å². The van der Waals surface area contributed by atoms with E-state index in [9.17, 15) is 14.7 Å². The normalized spacial score (nSPS) is 11.3. The molecule has 1 amide bonds. The number of nitrogens with two attached hydrogens (primary N) is 1. The van der Waals surface area contributed by atoms with Gasteiger partial charge in [-0.25, -0.2) is 0 Å². The third-order valence-corrected chi connectivity index (χ3v) is 5.64.